The summed E-state index contributed by atoms with van der Waals surface area (Å²) in [5.41, 5.74) is 4.13. The van der Waals surface area contributed by atoms with Crippen LogP contribution in [0.3, 0.4) is 0 Å². The lowest BCUT2D eigenvalue weighted by atomic mass is 10.0. The van der Waals surface area contributed by atoms with E-state index in [0.29, 0.717) is 26.4 Å². The fourth-order valence-electron chi connectivity index (χ4n) is 3.15. The Morgan fingerprint density at radius 1 is 0.944 bits per heavy atom. The van der Waals surface area contributed by atoms with Crippen molar-refractivity contribution in [3.05, 3.63) is 97.4 Å². The molecule has 0 saturated heterocycles. The number of carbonyl (C=O) groups is 2. The van der Waals surface area contributed by atoms with E-state index in [1.807, 2.05) is 18.2 Å². The summed E-state index contributed by atoms with van der Waals surface area (Å²) in [6.45, 7) is 3.85. The van der Waals surface area contributed by atoms with E-state index in [1.165, 1.54) is 24.4 Å². The van der Waals surface area contributed by atoms with Gasteiger partial charge in [-0.1, -0.05) is 78.5 Å². The van der Waals surface area contributed by atoms with Gasteiger partial charge in [0.05, 0.1) is 16.3 Å². The van der Waals surface area contributed by atoms with Crippen LogP contribution in [0.4, 0.5) is 0 Å². The molecule has 0 radical (unpaired) electrons. The molecule has 0 aliphatic heterocycles. The molecule has 36 heavy (non-hydrogen) atoms. The van der Waals surface area contributed by atoms with E-state index in [-0.39, 0.29) is 23.1 Å². The van der Waals surface area contributed by atoms with Crippen molar-refractivity contribution in [2.24, 2.45) is 11.0 Å². The first-order valence-corrected chi connectivity index (χ1v) is 12.4. The Morgan fingerprint density at radius 2 is 1.69 bits per heavy atom. The molecule has 2 N–H and O–H groups in total. The molecule has 2 amide bonds. The SMILES string of the molecule is CC(C)C(NC(=O)c1ccc(Cl)c(Cl)c1)C(=O)NN=Cc1cc(Cl)ccc1OCc1ccccc1Cl. The molecule has 1 atom stereocenters. The Balaban J connectivity index is 1.68. The Kier molecular flexibility index (Phi) is 10.0. The third kappa shape index (κ3) is 7.61. The third-order valence-corrected chi connectivity index (χ3v) is 6.45. The van der Waals surface area contributed by atoms with Gasteiger partial charge in [-0.3, -0.25) is 9.59 Å². The van der Waals surface area contributed by atoms with Gasteiger partial charge in [0.2, 0.25) is 0 Å². The van der Waals surface area contributed by atoms with Crippen LogP contribution in [0.2, 0.25) is 20.1 Å². The summed E-state index contributed by atoms with van der Waals surface area (Å²) in [6.07, 6.45) is 1.42. The van der Waals surface area contributed by atoms with Crippen LogP contribution in [0, 0.1) is 5.92 Å². The van der Waals surface area contributed by atoms with Crippen LogP contribution in [0.25, 0.3) is 0 Å². The molecule has 1 unspecified atom stereocenters. The highest BCUT2D eigenvalue weighted by molar-refractivity contribution is 6.42. The highest BCUT2D eigenvalue weighted by Gasteiger charge is 2.24. The van der Waals surface area contributed by atoms with Gasteiger partial charge in [-0.25, -0.2) is 5.43 Å². The molecular formula is C26H23Cl4N3O3. The maximum atomic E-state index is 12.8. The Morgan fingerprint density at radius 3 is 2.39 bits per heavy atom. The largest absolute Gasteiger partial charge is 0.488 e. The number of hydrogen-bond donors (Lipinski definition) is 2. The number of halogens is 4. The molecule has 10 heteroatoms. The van der Waals surface area contributed by atoms with Crippen molar-refractivity contribution in [2.45, 2.75) is 26.5 Å². The maximum absolute atomic E-state index is 12.8. The van der Waals surface area contributed by atoms with Gasteiger partial charge in [0.1, 0.15) is 18.4 Å². The van der Waals surface area contributed by atoms with Crippen LogP contribution in [0.15, 0.2) is 65.8 Å². The summed E-state index contributed by atoms with van der Waals surface area (Å²) in [7, 11) is 0. The zero-order valence-electron chi connectivity index (χ0n) is 19.4. The average molecular weight is 567 g/mol. The van der Waals surface area contributed by atoms with Gasteiger partial charge in [0.15, 0.2) is 0 Å². The zero-order chi connectivity index (χ0) is 26.2. The van der Waals surface area contributed by atoms with E-state index in [4.69, 9.17) is 51.1 Å². The molecule has 0 aliphatic rings. The number of ether oxygens (including phenoxy) is 1. The van der Waals surface area contributed by atoms with Crippen molar-refractivity contribution >= 4 is 64.4 Å². The molecule has 3 rings (SSSR count). The lowest BCUT2D eigenvalue weighted by Crippen LogP contribution is -2.48. The average Bonchev–Trinajstić information content (AvgIpc) is 2.84. The molecule has 188 valence electrons. The summed E-state index contributed by atoms with van der Waals surface area (Å²) in [5, 5.41) is 8.40. The van der Waals surface area contributed by atoms with E-state index in [2.05, 4.69) is 15.8 Å². The number of nitrogens with zero attached hydrogens (tertiary/aromatic N) is 1. The minimum atomic E-state index is -0.848. The monoisotopic (exact) mass is 565 g/mol. The predicted octanol–water partition coefficient (Wildman–Crippen LogP) is 6.78. The molecule has 0 spiro atoms. The van der Waals surface area contributed by atoms with Gasteiger partial charge < -0.3 is 10.1 Å². The van der Waals surface area contributed by atoms with Crippen LogP contribution in [0.1, 0.15) is 35.3 Å². The number of nitrogens with one attached hydrogen (secondary N) is 2. The molecule has 0 aromatic heterocycles. The minimum absolute atomic E-state index is 0.215. The molecule has 0 aliphatic carbocycles. The van der Waals surface area contributed by atoms with Gasteiger partial charge in [-0.05, 0) is 48.4 Å². The lowest BCUT2D eigenvalue weighted by Gasteiger charge is -2.20. The molecule has 0 bridgehead atoms. The molecule has 6 nitrogen and oxygen atoms in total. The Labute approximate surface area is 229 Å². The first kappa shape index (κ1) is 27.8. The Hall–Kier alpha value is -2.77. The number of amides is 2. The number of hydrazone groups is 1. The van der Waals surface area contributed by atoms with Gasteiger partial charge in [-0.2, -0.15) is 5.10 Å². The van der Waals surface area contributed by atoms with Crippen molar-refractivity contribution in [2.75, 3.05) is 0 Å². The number of rotatable bonds is 9. The fourth-order valence-corrected chi connectivity index (χ4v) is 3.82. The van der Waals surface area contributed by atoms with Crippen molar-refractivity contribution < 1.29 is 14.3 Å². The summed E-state index contributed by atoms with van der Waals surface area (Å²) in [6, 6.07) is 16.0. The molecular weight excluding hydrogens is 544 g/mol. The molecule has 0 heterocycles. The van der Waals surface area contributed by atoms with Crippen molar-refractivity contribution in [3.63, 3.8) is 0 Å². The summed E-state index contributed by atoms with van der Waals surface area (Å²) < 4.78 is 5.90. The maximum Gasteiger partial charge on any atom is 0.262 e. The summed E-state index contributed by atoms with van der Waals surface area (Å²) in [5.74, 6) is -0.662. The highest BCUT2D eigenvalue weighted by atomic mass is 35.5. The number of hydrogen-bond acceptors (Lipinski definition) is 4. The van der Waals surface area contributed by atoms with Crippen molar-refractivity contribution in [1.29, 1.82) is 0 Å². The second-order valence-electron chi connectivity index (χ2n) is 8.12. The highest BCUT2D eigenvalue weighted by Crippen LogP contribution is 2.25. The van der Waals surface area contributed by atoms with Crippen LogP contribution in [-0.4, -0.2) is 24.1 Å². The van der Waals surface area contributed by atoms with Crippen molar-refractivity contribution in [3.8, 4) is 5.75 Å². The van der Waals surface area contributed by atoms with E-state index >= 15 is 0 Å². The standard InChI is InChI=1S/C26H23Cl4N3O3/c1-15(2)24(32-25(34)16-7-9-21(29)22(30)12-16)26(35)33-31-13-18-11-19(27)8-10-23(18)36-14-17-5-3-4-6-20(17)28/h3-13,15,24H,14H2,1-2H3,(H,32,34)(H,33,35). The minimum Gasteiger partial charge on any atom is -0.488 e. The topological polar surface area (TPSA) is 79.8 Å². The van der Waals surface area contributed by atoms with Gasteiger partial charge in [0.25, 0.3) is 11.8 Å². The van der Waals surface area contributed by atoms with Crippen LogP contribution in [0.5, 0.6) is 5.75 Å². The lowest BCUT2D eigenvalue weighted by molar-refractivity contribution is -0.123. The van der Waals surface area contributed by atoms with Gasteiger partial charge in [0, 0.05) is 26.7 Å². The van der Waals surface area contributed by atoms with E-state index in [0.717, 1.165) is 5.56 Å². The first-order valence-electron chi connectivity index (χ1n) is 10.9. The molecule has 0 saturated carbocycles. The molecule has 3 aromatic carbocycles. The molecule has 3 aromatic rings. The Bertz CT molecular complexity index is 1280. The fraction of sp³-hybridized carbons (Fsp3) is 0.192. The first-order chi connectivity index (χ1) is 17.2. The van der Waals surface area contributed by atoms with Crippen LogP contribution >= 0.6 is 46.4 Å². The van der Waals surface area contributed by atoms with Crippen LogP contribution < -0.4 is 15.5 Å². The second kappa shape index (κ2) is 13.0. The quantitative estimate of drug-likeness (QED) is 0.221. The number of carbonyl (C=O) groups excluding carboxylic acids is 2. The summed E-state index contributed by atoms with van der Waals surface area (Å²) >= 11 is 24.2. The smallest absolute Gasteiger partial charge is 0.262 e. The van der Waals surface area contributed by atoms with Gasteiger partial charge >= 0.3 is 0 Å². The van der Waals surface area contributed by atoms with Crippen LogP contribution in [-0.2, 0) is 11.4 Å². The van der Waals surface area contributed by atoms with E-state index in [1.54, 1.807) is 38.1 Å². The second-order valence-corrected chi connectivity index (χ2v) is 9.78. The van der Waals surface area contributed by atoms with Gasteiger partial charge in [-0.15, -0.1) is 0 Å². The zero-order valence-corrected chi connectivity index (χ0v) is 22.4. The summed E-state index contributed by atoms with van der Waals surface area (Å²) in [4.78, 5) is 25.4. The predicted molar refractivity (Wildman–Crippen MR) is 146 cm³/mol. The normalized spacial score (nSPS) is 12.0. The van der Waals surface area contributed by atoms with E-state index < -0.39 is 17.9 Å². The molecule has 0 fully saturated rings. The number of benzene rings is 3. The van der Waals surface area contributed by atoms with Crippen molar-refractivity contribution in [1.82, 2.24) is 10.7 Å². The third-order valence-electron chi connectivity index (χ3n) is 5.11. The van der Waals surface area contributed by atoms with E-state index in [9.17, 15) is 9.59 Å².